The Morgan fingerprint density at radius 1 is 1.28 bits per heavy atom. The number of pyridine rings is 2. The van der Waals surface area contributed by atoms with Crippen molar-refractivity contribution in [3.05, 3.63) is 42.4 Å². The van der Waals surface area contributed by atoms with Crippen molar-refractivity contribution in [3.63, 3.8) is 0 Å². The van der Waals surface area contributed by atoms with E-state index in [0.29, 0.717) is 10.6 Å². The lowest BCUT2D eigenvalue weighted by molar-refractivity contribution is -0.0328. The van der Waals surface area contributed by atoms with Crippen molar-refractivity contribution < 1.29 is 22.2 Å². The van der Waals surface area contributed by atoms with Gasteiger partial charge >= 0.3 is 5.51 Å². The van der Waals surface area contributed by atoms with Crippen molar-refractivity contribution in [3.8, 4) is 0 Å². The van der Waals surface area contributed by atoms with Gasteiger partial charge in [0, 0.05) is 30.1 Å². The van der Waals surface area contributed by atoms with Gasteiger partial charge < -0.3 is 0 Å². The number of nitrogens with zero attached hydrogens (tertiary/aromatic N) is 3. The van der Waals surface area contributed by atoms with Crippen LogP contribution in [0.15, 0.2) is 46.5 Å². The third-order valence-corrected chi connectivity index (χ3v) is 5.14. The molecule has 2 aromatic heterocycles. The van der Waals surface area contributed by atoms with Gasteiger partial charge in [0.2, 0.25) is 0 Å². The van der Waals surface area contributed by atoms with Gasteiger partial charge in [-0.1, -0.05) is 6.92 Å². The minimum absolute atomic E-state index is 0.0285. The third-order valence-electron chi connectivity index (χ3n) is 3.08. The van der Waals surface area contributed by atoms with Gasteiger partial charge in [-0.15, -0.1) is 0 Å². The molecule has 0 aliphatic rings. The Hall–Kier alpha value is -1.94. The number of amides is 1. The number of carbonyl (C=O) groups excluding carboxylic acids is 1. The predicted octanol–water partition coefficient (Wildman–Crippen LogP) is 3.49. The summed E-state index contributed by atoms with van der Waals surface area (Å²) in [5.74, 6) is -0.0476. The molecular formula is C15H14F3N3O2S2. The molecular weight excluding hydrogens is 375 g/mol. The van der Waals surface area contributed by atoms with Crippen LogP contribution < -0.4 is 4.90 Å². The normalized spacial score (nSPS) is 12.7. The molecule has 2 rings (SSSR count). The smallest absolute Gasteiger partial charge is 0.294 e. The van der Waals surface area contributed by atoms with E-state index in [1.807, 2.05) is 0 Å². The summed E-state index contributed by atoms with van der Waals surface area (Å²) in [7, 11) is 0.0559. The van der Waals surface area contributed by atoms with E-state index in [1.165, 1.54) is 25.4 Å². The number of halogens is 3. The highest BCUT2D eigenvalue weighted by Gasteiger charge is 2.29. The number of aromatic nitrogens is 2. The largest absolute Gasteiger partial charge is 0.446 e. The lowest BCUT2D eigenvalue weighted by Gasteiger charge is -2.17. The lowest BCUT2D eigenvalue weighted by atomic mass is 10.3. The van der Waals surface area contributed by atoms with Crippen LogP contribution >= 0.6 is 11.8 Å². The van der Waals surface area contributed by atoms with Crippen molar-refractivity contribution in [2.45, 2.75) is 22.2 Å². The van der Waals surface area contributed by atoms with Crippen LogP contribution in [-0.2, 0) is 10.8 Å². The first-order valence-corrected chi connectivity index (χ1v) is 9.19. The van der Waals surface area contributed by atoms with E-state index in [4.69, 9.17) is 0 Å². The molecule has 0 saturated carbocycles. The highest BCUT2D eigenvalue weighted by atomic mass is 32.2. The molecule has 1 unspecified atom stereocenters. The van der Waals surface area contributed by atoms with E-state index in [-0.39, 0.29) is 28.2 Å². The monoisotopic (exact) mass is 389 g/mol. The van der Waals surface area contributed by atoms with Crippen molar-refractivity contribution >= 4 is 34.3 Å². The SMILES string of the molecule is CCS(=O)c1cccnc1C(=O)N(C)c1ccc(SC(F)(F)F)cn1. The average molecular weight is 389 g/mol. The van der Waals surface area contributed by atoms with Crippen LogP contribution in [0.3, 0.4) is 0 Å². The molecule has 0 N–H and O–H groups in total. The Bertz CT molecular complexity index is 782. The molecule has 0 radical (unpaired) electrons. The Kier molecular flexibility index (Phi) is 6.17. The van der Waals surface area contributed by atoms with Gasteiger partial charge in [0.25, 0.3) is 5.91 Å². The first kappa shape index (κ1) is 19.4. The highest BCUT2D eigenvalue weighted by molar-refractivity contribution is 8.00. The Labute approximate surface area is 149 Å². The Balaban J connectivity index is 2.25. The molecule has 5 nitrogen and oxygen atoms in total. The van der Waals surface area contributed by atoms with Gasteiger partial charge in [-0.05, 0) is 36.0 Å². The molecule has 0 bridgehead atoms. The van der Waals surface area contributed by atoms with Gasteiger partial charge in [-0.25, -0.2) is 9.97 Å². The van der Waals surface area contributed by atoms with Crippen molar-refractivity contribution in [2.24, 2.45) is 0 Å². The third kappa shape index (κ3) is 5.02. The molecule has 10 heteroatoms. The minimum atomic E-state index is -4.40. The van der Waals surface area contributed by atoms with E-state index in [1.54, 1.807) is 19.1 Å². The number of carbonyl (C=O) groups is 1. The Morgan fingerprint density at radius 2 is 2.00 bits per heavy atom. The molecule has 1 amide bonds. The summed E-state index contributed by atoms with van der Waals surface area (Å²) in [6.07, 6.45) is 2.45. The fourth-order valence-electron chi connectivity index (χ4n) is 1.92. The average Bonchev–Trinajstić information content (AvgIpc) is 2.59. The minimum Gasteiger partial charge on any atom is -0.294 e. The first-order chi connectivity index (χ1) is 11.7. The second-order valence-electron chi connectivity index (χ2n) is 4.75. The van der Waals surface area contributed by atoms with E-state index in [9.17, 15) is 22.2 Å². The van der Waals surface area contributed by atoms with Gasteiger partial charge in [0.15, 0.2) is 0 Å². The van der Waals surface area contributed by atoms with Crippen LogP contribution in [0.25, 0.3) is 0 Å². The quantitative estimate of drug-likeness (QED) is 0.733. The van der Waals surface area contributed by atoms with E-state index >= 15 is 0 Å². The summed E-state index contributed by atoms with van der Waals surface area (Å²) in [5, 5.41) is 0. The number of hydrogen-bond acceptors (Lipinski definition) is 5. The number of anilines is 1. The summed E-state index contributed by atoms with van der Waals surface area (Å²) in [6, 6.07) is 5.68. The van der Waals surface area contributed by atoms with Gasteiger partial charge in [0.1, 0.15) is 11.5 Å². The number of hydrogen-bond donors (Lipinski definition) is 0. The first-order valence-electron chi connectivity index (χ1n) is 7.06. The molecule has 0 fully saturated rings. The molecule has 0 aliphatic heterocycles. The fraction of sp³-hybridized carbons (Fsp3) is 0.267. The van der Waals surface area contributed by atoms with E-state index in [2.05, 4.69) is 9.97 Å². The standard InChI is InChI=1S/C15H14F3N3O2S2/c1-3-25(23)11-5-4-8-19-13(11)14(22)21(2)12-7-6-10(9-20-12)24-15(16,17)18/h4-9H,3H2,1-2H3. The van der Waals surface area contributed by atoms with Crippen LogP contribution in [0.2, 0.25) is 0 Å². The zero-order valence-electron chi connectivity index (χ0n) is 13.3. The van der Waals surface area contributed by atoms with Gasteiger partial charge in [0.05, 0.1) is 15.7 Å². The van der Waals surface area contributed by atoms with Gasteiger partial charge in [-0.2, -0.15) is 13.2 Å². The zero-order chi connectivity index (χ0) is 18.6. The zero-order valence-corrected chi connectivity index (χ0v) is 14.9. The van der Waals surface area contributed by atoms with Crippen LogP contribution in [-0.4, -0.2) is 38.4 Å². The van der Waals surface area contributed by atoms with E-state index in [0.717, 1.165) is 11.1 Å². The van der Waals surface area contributed by atoms with Crippen LogP contribution in [0.1, 0.15) is 17.4 Å². The molecule has 0 saturated heterocycles. The van der Waals surface area contributed by atoms with Crippen molar-refractivity contribution in [1.82, 2.24) is 9.97 Å². The summed E-state index contributed by atoms with van der Waals surface area (Å²) in [4.78, 5) is 21.9. The van der Waals surface area contributed by atoms with E-state index < -0.39 is 22.2 Å². The molecule has 0 aromatic carbocycles. The van der Waals surface area contributed by atoms with Crippen molar-refractivity contribution in [2.75, 3.05) is 17.7 Å². The highest BCUT2D eigenvalue weighted by Crippen LogP contribution is 2.36. The molecule has 1 atom stereocenters. The second kappa shape index (κ2) is 7.96. The summed E-state index contributed by atoms with van der Waals surface area (Å²) in [5.41, 5.74) is -4.38. The molecule has 2 heterocycles. The molecule has 134 valence electrons. The summed E-state index contributed by atoms with van der Waals surface area (Å²) < 4.78 is 49.1. The predicted molar refractivity (Wildman–Crippen MR) is 90.1 cm³/mol. The van der Waals surface area contributed by atoms with Crippen LogP contribution in [0.5, 0.6) is 0 Å². The number of alkyl halides is 3. The number of rotatable bonds is 5. The topological polar surface area (TPSA) is 63.2 Å². The van der Waals surface area contributed by atoms with Crippen molar-refractivity contribution in [1.29, 1.82) is 0 Å². The molecule has 0 spiro atoms. The molecule has 0 aliphatic carbocycles. The Morgan fingerprint density at radius 3 is 2.56 bits per heavy atom. The maximum Gasteiger partial charge on any atom is 0.446 e. The lowest BCUT2D eigenvalue weighted by Crippen LogP contribution is -2.29. The van der Waals surface area contributed by atoms with Crippen LogP contribution in [0, 0.1) is 0 Å². The summed E-state index contributed by atoms with van der Waals surface area (Å²) >= 11 is -0.283. The maximum atomic E-state index is 12.6. The summed E-state index contributed by atoms with van der Waals surface area (Å²) in [6.45, 7) is 1.72. The van der Waals surface area contributed by atoms with Crippen LogP contribution in [0.4, 0.5) is 19.0 Å². The molecule has 25 heavy (non-hydrogen) atoms. The number of thioether (sulfide) groups is 1. The fourth-order valence-corrected chi connectivity index (χ4v) is 3.32. The van der Waals surface area contributed by atoms with Gasteiger partial charge in [-0.3, -0.25) is 13.9 Å². The second-order valence-corrected chi connectivity index (χ2v) is 7.60. The molecule has 2 aromatic rings. The maximum absolute atomic E-state index is 12.6.